The molecule has 1 atom stereocenters. The smallest absolute Gasteiger partial charge is 0.0681 e. The van der Waals surface area contributed by atoms with Gasteiger partial charge in [-0.05, 0) is 28.0 Å². The summed E-state index contributed by atoms with van der Waals surface area (Å²) in [6.45, 7) is 10.2. The number of hydrogen-bond donors (Lipinski definition) is 0. The number of rotatable bonds is 3. The van der Waals surface area contributed by atoms with Crippen molar-refractivity contribution in [1.82, 2.24) is 0 Å². The van der Waals surface area contributed by atoms with Crippen LogP contribution in [0.25, 0.3) is 16.0 Å². The predicted octanol–water partition coefficient (Wildman–Crippen LogP) is 4.49. The molecule has 1 heterocycles. The molecule has 80 valence electrons. The molecular formula is C11H15N3S. The third kappa shape index (κ3) is 2.85. The Labute approximate surface area is 94.1 Å². The summed E-state index contributed by atoms with van der Waals surface area (Å²) in [6, 6.07) is 3.78. The summed E-state index contributed by atoms with van der Waals surface area (Å²) < 4.78 is 0. The largest absolute Gasteiger partial charge is 0.144 e. The van der Waals surface area contributed by atoms with Crippen LogP contribution in [-0.4, -0.2) is 6.04 Å². The lowest BCUT2D eigenvalue weighted by molar-refractivity contribution is 0.374. The highest BCUT2D eigenvalue weighted by Crippen LogP contribution is 2.34. The van der Waals surface area contributed by atoms with Gasteiger partial charge in [0.2, 0.25) is 0 Å². The quantitative estimate of drug-likeness (QED) is 0.410. The molecule has 0 fully saturated rings. The van der Waals surface area contributed by atoms with Crippen LogP contribution in [0.1, 0.15) is 25.6 Å². The van der Waals surface area contributed by atoms with Crippen molar-refractivity contribution in [2.24, 2.45) is 10.5 Å². The van der Waals surface area contributed by atoms with Crippen molar-refractivity contribution >= 4 is 16.9 Å². The van der Waals surface area contributed by atoms with Crippen molar-refractivity contribution in [2.75, 3.05) is 0 Å². The fraction of sp³-hybridized carbons (Fsp3) is 0.455. The summed E-state index contributed by atoms with van der Waals surface area (Å²) in [5.41, 5.74) is 9.36. The minimum absolute atomic E-state index is 0.104. The normalized spacial score (nSPS) is 13.0. The third-order valence-electron chi connectivity index (χ3n) is 2.16. The van der Waals surface area contributed by atoms with E-state index in [1.807, 2.05) is 38.3 Å². The van der Waals surface area contributed by atoms with Crippen molar-refractivity contribution < 1.29 is 0 Å². The molecule has 0 saturated heterocycles. The molecule has 0 saturated carbocycles. The second-order valence-corrected chi connectivity index (χ2v) is 5.42. The molecule has 0 N–H and O–H groups in total. The molecule has 15 heavy (non-hydrogen) atoms. The Morgan fingerprint density at radius 1 is 1.60 bits per heavy atom. The van der Waals surface area contributed by atoms with Gasteiger partial charge in [0, 0.05) is 9.79 Å². The first-order valence-electron chi connectivity index (χ1n) is 4.73. The molecule has 0 amide bonds. The van der Waals surface area contributed by atoms with E-state index in [1.54, 1.807) is 11.3 Å². The highest BCUT2D eigenvalue weighted by atomic mass is 32.1. The SMILES string of the molecule is C=C(c1cccs1)C(N=[N+]=[N-])C(C)(C)C. The first-order valence-corrected chi connectivity index (χ1v) is 5.61. The first kappa shape index (κ1) is 11.8. The zero-order chi connectivity index (χ0) is 11.5. The molecule has 0 radical (unpaired) electrons. The van der Waals surface area contributed by atoms with Crippen molar-refractivity contribution in [2.45, 2.75) is 26.8 Å². The highest BCUT2D eigenvalue weighted by Gasteiger charge is 2.27. The Balaban J connectivity index is 3.01. The zero-order valence-electron chi connectivity index (χ0n) is 9.27. The molecule has 0 aliphatic carbocycles. The van der Waals surface area contributed by atoms with Gasteiger partial charge in [0.05, 0.1) is 6.04 Å². The summed E-state index contributed by atoms with van der Waals surface area (Å²) in [5, 5.41) is 5.84. The van der Waals surface area contributed by atoms with E-state index in [0.717, 1.165) is 10.5 Å². The van der Waals surface area contributed by atoms with Crippen molar-refractivity contribution in [3.05, 3.63) is 39.4 Å². The summed E-state index contributed by atoms with van der Waals surface area (Å²) >= 11 is 1.62. The van der Waals surface area contributed by atoms with Crippen molar-refractivity contribution in [3.63, 3.8) is 0 Å². The Morgan fingerprint density at radius 2 is 2.27 bits per heavy atom. The maximum Gasteiger partial charge on any atom is 0.0681 e. The predicted molar refractivity (Wildman–Crippen MR) is 65.7 cm³/mol. The lowest BCUT2D eigenvalue weighted by atomic mass is 9.83. The van der Waals surface area contributed by atoms with Crippen LogP contribution in [0.3, 0.4) is 0 Å². The maximum absolute atomic E-state index is 8.57. The molecule has 0 bridgehead atoms. The zero-order valence-corrected chi connectivity index (χ0v) is 10.1. The fourth-order valence-electron chi connectivity index (χ4n) is 1.41. The van der Waals surface area contributed by atoms with Gasteiger partial charge in [-0.3, -0.25) is 0 Å². The standard InChI is InChI=1S/C11H15N3S/c1-8(9-6-5-7-15-9)10(13-14-12)11(2,3)4/h5-7,10H,1H2,2-4H3. The van der Waals surface area contributed by atoms with Crippen molar-refractivity contribution in [1.29, 1.82) is 0 Å². The number of nitrogens with zero attached hydrogens (tertiary/aromatic N) is 3. The van der Waals surface area contributed by atoms with Crippen LogP contribution in [0.5, 0.6) is 0 Å². The van der Waals surface area contributed by atoms with Gasteiger partial charge in [0.15, 0.2) is 0 Å². The third-order valence-corrected chi connectivity index (χ3v) is 3.10. The van der Waals surface area contributed by atoms with Gasteiger partial charge in [-0.15, -0.1) is 11.3 Å². The maximum atomic E-state index is 8.57. The Kier molecular flexibility index (Phi) is 3.56. The minimum Gasteiger partial charge on any atom is -0.144 e. The second kappa shape index (κ2) is 4.51. The molecule has 0 aromatic carbocycles. The van der Waals surface area contributed by atoms with E-state index in [4.69, 9.17) is 5.53 Å². The topological polar surface area (TPSA) is 48.8 Å². The van der Waals surface area contributed by atoms with Crippen LogP contribution in [0.15, 0.2) is 29.2 Å². The summed E-state index contributed by atoms with van der Waals surface area (Å²) in [5.74, 6) is 0. The molecule has 1 unspecified atom stereocenters. The van der Waals surface area contributed by atoms with Crippen LogP contribution < -0.4 is 0 Å². The van der Waals surface area contributed by atoms with Crippen LogP contribution in [0, 0.1) is 5.41 Å². The van der Waals surface area contributed by atoms with Crippen LogP contribution in [-0.2, 0) is 0 Å². The molecule has 3 nitrogen and oxygen atoms in total. The number of thiophene rings is 1. The number of hydrogen-bond acceptors (Lipinski definition) is 2. The van der Waals surface area contributed by atoms with Crippen LogP contribution in [0.4, 0.5) is 0 Å². The Hall–Kier alpha value is -1.25. The van der Waals surface area contributed by atoms with Crippen molar-refractivity contribution in [3.8, 4) is 0 Å². The van der Waals surface area contributed by atoms with E-state index in [2.05, 4.69) is 16.6 Å². The monoisotopic (exact) mass is 221 g/mol. The van der Waals surface area contributed by atoms with E-state index >= 15 is 0 Å². The fourth-order valence-corrected chi connectivity index (χ4v) is 2.14. The molecule has 4 heteroatoms. The van der Waals surface area contributed by atoms with Gasteiger partial charge >= 0.3 is 0 Å². The summed E-state index contributed by atoms with van der Waals surface area (Å²) in [4.78, 5) is 3.99. The van der Waals surface area contributed by atoms with E-state index in [9.17, 15) is 0 Å². The number of azide groups is 1. The molecule has 0 aliphatic rings. The van der Waals surface area contributed by atoms with Gasteiger partial charge in [-0.25, -0.2) is 0 Å². The van der Waals surface area contributed by atoms with Crippen LogP contribution >= 0.6 is 11.3 Å². The molecule has 1 rings (SSSR count). The summed E-state index contributed by atoms with van der Waals surface area (Å²) in [7, 11) is 0. The Bertz CT molecular complexity index is 380. The van der Waals surface area contributed by atoms with E-state index in [-0.39, 0.29) is 11.5 Å². The molecular weight excluding hydrogens is 206 g/mol. The molecule has 0 spiro atoms. The van der Waals surface area contributed by atoms with Crippen LogP contribution in [0.2, 0.25) is 0 Å². The van der Waals surface area contributed by atoms with E-state index < -0.39 is 0 Å². The highest BCUT2D eigenvalue weighted by molar-refractivity contribution is 7.11. The average Bonchev–Trinajstić information content (AvgIpc) is 2.63. The van der Waals surface area contributed by atoms with Gasteiger partial charge in [0.25, 0.3) is 0 Å². The molecule has 0 aliphatic heterocycles. The minimum atomic E-state index is -0.193. The van der Waals surface area contributed by atoms with Gasteiger partial charge in [-0.1, -0.05) is 38.5 Å². The van der Waals surface area contributed by atoms with Gasteiger partial charge < -0.3 is 0 Å². The average molecular weight is 221 g/mol. The van der Waals surface area contributed by atoms with Gasteiger partial charge in [0.1, 0.15) is 0 Å². The van der Waals surface area contributed by atoms with E-state index in [1.165, 1.54) is 0 Å². The molecule has 1 aromatic rings. The lowest BCUT2D eigenvalue weighted by Gasteiger charge is -2.27. The molecule has 1 aromatic heterocycles. The second-order valence-electron chi connectivity index (χ2n) is 4.48. The van der Waals surface area contributed by atoms with Gasteiger partial charge in [-0.2, -0.15) is 0 Å². The Morgan fingerprint density at radius 3 is 2.67 bits per heavy atom. The lowest BCUT2D eigenvalue weighted by Crippen LogP contribution is -2.24. The summed E-state index contributed by atoms with van der Waals surface area (Å²) in [6.07, 6.45) is 0. The first-order chi connectivity index (χ1) is 6.96. The van der Waals surface area contributed by atoms with E-state index in [0.29, 0.717) is 0 Å².